The average molecular weight is 348 g/mol. The van der Waals surface area contributed by atoms with Gasteiger partial charge in [-0.2, -0.15) is 0 Å². The Morgan fingerprint density at radius 2 is 2.04 bits per heavy atom. The lowest BCUT2D eigenvalue weighted by molar-refractivity contribution is -0.137. The van der Waals surface area contributed by atoms with Crippen molar-refractivity contribution in [2.24, 2.45) is 22.7 Å². The van der Waals surface area contributed by atoms with E-state index in [0.717, 1.165) is 44.1 Å². The van der Waals surface area contributed by atoms with Gasteiger partial charge in [0.05, 0.1) is 7.11 Å². The van der Waals surface area contributed by atoms with Crippen molar-refractivity contribution in [1.29, 1.82) is 0 Å². The molecule has 4 unspecified atom stereocenters. The van der Waals surface area contributed by atoms with Gasteiger partial charge < -0.3 is 9.84 Å². The maximum atomic E-state index is 11.8. The van der Waals surface area contributed by atoms with Gasteiger partial charge in [0.1, 0.15) is 0 Å². The topological polar surface area (TPSA) is 63.6 Å². The first-order valence-corrected chi connectivity index (χ1v) is 9.34. The minimum absolute atomic E-state index is 0.0766. The molecular weight excluding hydrogens is 316 g/mol. The highest BCUT2D eigenvalue weighted by atomic mass is 16.5. The SMILES string of the molecule is COC(=O)C=C(C)CCC1(C)C(C)CCC2(C)C(C(=O)O)=CCCC21. The Bertz CT molecular complexity index is 603. The largest absolute Gasteiger partial charge is 0.478 e. The van der Waals surface area contributed by atoms with Crippen molar-refractivity contribution in [3.05, 3.63) is 23.3 Å². The molecule has 4 nitrogen and oxygen atoms in total. The Labute approximate surface area is 151 Å². The molecule has 1 saturated carbocycles. The van der Waals surface area contributed by atoms with Gasteiger partial charge in [0, 0.05) is 17.1 Å². The molecule has 1 fully saturated rings. The predicted octanol–water partition coefficient (Wildman–Crippen LogP) is 4.75. The van der Waals surface area contributed by atoms with Crippen molar-refractivity contribution in [2.75, 3.05) is 7.11 Å². The number of aliphatic carboxylic acids is 1. The van der Waals surface area contributed by atoms with Crippen molar-refractivity contribution in [3.63, 3.8) is 0 Å². The Kier molecular flexibility index (Phi) is 5.80. The molecule has 0 aromatic carbocycles. The molecule has 2 aliphatic carbocycles. The number of carboxylic acid groups (broad SMARTS) is 1. The number of allylic oxidation sites excluding steroid dienone is 2. The molecule has 140 valence electrons. The van der Waals surface area contributed by atoms with Gasteiger partial charge in [-0.3, -0.25) is 0 Å². The number of carbonyl (C=O) groups is 2. The molecule has 0 radical (unpaired) electrons. The van der Waals surface area contributed by atoms with Crippen LogP contribution in [-0.4, -0.2) is 24.2 Å². The highest BCUT2D eigenvalue weighted by molar-refractivity contribution is 5.88. The van der Waals surface area contributed by atoms with Crippen LogP contribution in [0.4, 0.5) is 0 Å². The number of ether oxygens (including phenoxy) is 1. The molecule has 0 aromatic heterocycles. The Balaban J connectivity index is 2.26. The molecule has 4 atom stereocenters. The minimum Gasteiger partial charge on any atom is -0.478 e. The summed E-state index contributed by atoms with van der Waals surface area (Å²) in [6.07, 6.45) is 9.22. The Morgan fingerprint density at radius 1 is 1.36 bits per heavy atom. The van der Waals surface area contributed by atoms with Crippen LogP contribution in [0.15, 0.2) is 23.3 Å². The number of fused-ring (bicyclic) bond motifs is 1. The molecule has 0 aliphatic heterocycles. The fourth-order valence-corrected chi connectivity index (χ4v) is 5.24. The molecule has 4 heteroatoms. The summed E-state index contributed by atoms with van der Waals surface area (Å²) in [5, 5.41) is 9.69. The smallest absolute Gasteiger partial charge is 0.331 e. The molecule has 25 heavy (non-hydrogen) atoms. The fraction of sp³-hybridized carbons (Fsp3) is 0.714. The Hall–Kier alpha value is -1.58. The highest BCUT2D eigenvalue weighted by Gasteiger charge is 2.55. The molecule has 0 bridgehead atoms. The number of carbonyl (C=O) groups excluding carboxylic acids is 1. The van der Waals surface area contributed by atoms with Crippen LogP contribution in [-0.2, 0) is 14.3 Å². The minimum atomic E-state index is -0.758. The summed E-state index contributed by atoms with van der Waals surface area (Å²) in [4.78, 5) is 23.2. The lowest BCUT2D eigenvalue weighted by Gasteiger charge is -2.57. The third-order valence-corrected chi connectivity index (χ3v) is 7.06. The van der Waals surface area contributed by atoms with Gasteiger partial charge in [0.25, 0.3) is 0 Å². The van der Waals surface area contributed by atoms with E-state index in [2.05, 4.69) is 20.8 Å². The Morgan fingerprint density at radius 3 is 2.64 bits per heavy atom. The maximum absolute atomic E-state index is 11.8. The predicted molar refractivity (Wildman–Crippen MR) is 98.1 cm³/mol. The lowest BCUT2D eigenvalue weighted by Crippen LogP contribution is -2.51. The number of hydrogen-bond acceptors (Lipinski definition) is 3. The molecule has 0 spiro atoms. The van der Waals surface area contributed by atoms with Gasteiger partial charge >= 0.3 is 11.9 Å². The zero-order valence-corrected chi connectivity index (χ0v) is 16.2. The van der Waals surface area contributed by atoms with Crippen molar-refractivity contribution >= 4 is 11.9 Å². The number of methoxy groups -OCH3 is 1. The second-order valence-corrected chi connectivity index (χ2v) is 8.43. The third kappa shape index (κ3) is 3.68. The van der Waals surface area contributed by atoms with E-state index in [-0.39, 0.29) is 16.8 Å². The van der Waals surface area contributed by atoms with Crippen molar-refractivity contribution < 1.29 is 19.4 Å². The zero-order chi connectivity index (χ0) is 18.8. The van der Waals surface area contributed by atoms with Crippen LogP contribution in [0.5, 0.6) is 0 Å². The van der Waals surface area contributed by atoms with Gasteiger partial charge in [0.2, 0.25) is 0 Å². The summed E-state index contributed by atoms with van der Waals surface area (Å²) < 4.78 is 4.71. The second-order valence-electron chi connectivity index (χ2n) is 8.43. The van der Waals surface area contributed by atoms with E-state index in [4.69, 9.17) is 4.74 Å². The van der Waals surface area contributed by atoms with Crippen molar-refractivity contribution in [2.45, 2.75) is 66.2 Å². The maximum Gasteiger partial charge on any atom is 0.331 e. The van der Waals surface area contributed by atoms with Crippen LogP contribution in [0.1, 0.15) is 66.2 Å². The molecule has 2 aliphatic rings. The molecular formula is C21H32O4. The van der Waals surface area contributed by atoms with Gasteiger partial charge in [-0.05, 0) is 62.7 Å². The molecule has 1 N–H and O–H groups in total. The lowest BCUT2D eigenvalue weighted by atomic mass is 9.46. The van der Waals surface area contributed by atoms with Crippen LogP contribution in [0.3, 0.4) is 0 Å². The van der Waals surface area contributed by atoms with Crippen LogP contribution in [0, 0.1) is 22.7 Å². The molecule has 0 aromatic rings. The summed E-state index contributed by atoms with van der Waals surface area (Å²) >= 11 is 0. The summed E-state index contributed by atoms with van der Waals surface area (Å²) in [6, 6.07) is 0. The van der Waals surface area contributed by atoms with Gasteiger partial charge in [0.15, 0.2) is 0 Å². The van der Waals surface area contributed by atoms with Gasteiger partial charge in [-0.25, -0.2) is 9.59 Å². The van der Waals surface area contributed by atoms with Gasteiger partial charge in [-0.15, -0.1) is 0 Å². The first kappa shape index (κ1) is 19.7. The van der Waals surface area contributed by atoms with Crippen LogP contribution in [0.25, 0.3) is 0 Å². The summed E-state index contributed by atoms with van der Waals surface area (Å²) in [5.41, 5.74) is 1.47. The third-order valence-electron chi connectivity index (χ3n) is 7.06. The van der Waals surface area contributed by atoms with Crippen molar-refractivity contribution in [3.8, 4) is 0 Å². The summed E-state index contributed by atoms with van der Waals surface area (Å²) in [7, 11) is 1.39. The number of hydrogen-bond donors (Lipinski definition) is 1. The summed E-state index contributed by atoms with van der Waals surface area (Å²) in [5.74, 6) is -0.153. The van der Waals surface area contributed by atoms with E-state index in [1.807, 2.05) is 13.0 Å². The van der Waals surface area contributed by atoms with Gasteiger partial charge in [-0.1, -0.05) is 32.4 Å². The van der Waals surface area contributed by atoms with E-state index in [9.17, 15) is 14.7 Å². The highest BCUT2D eigenvalue weighted by Crippen LogP contribution is 2.62. The van der Waals surface area contributed by atoms with Crippen LogP contribution in [0.2, 0.25) is 0 Å². The van der Waals surface area contributed by atoms with E-state index in [1.54, 1.807) is 6.08 Å². The molecule has 0 saturated heterocycles. The quantitative estimate of drug-likeness (QED) is 0.575. The van der Waals surface area contributed by atoms with Crippen LogP contribution >= 0.6 is 0 Å². The summed E-state index contributed by atoms with van der Waals surface area (Å²) in [6.45, 7) is 8.75. The average Bonchev–Trinajstić information content (AvgIpc) is 2.56. The number of esters is 1. The van der Waals surface area contributed by atoms with Crippen molar-refractivity contribution in [1.82, 2.24) is 0 Å². The fourth-order valence-electron chi connectivity index (χ4n) is 5.24. The standard InChI is InChI=1S/C21H32O4/c1-14(13-18(22)25-5)9-11-20(3)15(2)10-12-21(4)16(19(23)24)7-6-8-17(20)21/h7,13,15,17H,6,8-12H2,1-5H3,(H,23,24). The van der Waals surface area contributed by atoms with E-state index in [1.165, 1.54) is 7.11 Å². The zero-order valence-electron chi connectivity index (χ0n) is 16.2. The normalized spacial score (nSPS) is 35.6. The van der Waals surface area contributed by atoms with E-state index < -0.39 is 5.97 Å². The number of rotatable bonds is 5. The van der Waals surface area contributed by atoms with E-state index >= 15 is 0 Å². The second kappa shape index (κ2) is 7.35. The van der Waals surface area contributed by atoms with E-state index in [0.29, 0.717) is 17.4 Å². The number of carboxylic acids is 1. The molecule has 0 amide bonds. The first-order chi connectivity index (χ1) is 11.6. The monoisotopic (exact) mass is 348 g/mol. The molecule has 0 heterocycles. The molecule has 2 rings (SSSR count). The van der Waals surface area contributed by atoms with Crippen LogP contribution < -0.4 is 0 Å². The first-order valence-electron chi connectivity index (χ1n) is 9.34.